The Labute approximate surface area is 146 Å². The predicted octanol–water partition coefficient (Wildman–Crippen LogP) is 4.32. The van der Waals surface area contributed by atoms with E-state index in [1.54, 1.807) is 13.0 Å². The summed E-state index contributed by atoms with van der Waals surface area (Å²) in [6.45, 7) is 3.65. The monoisotopic (exact) mass is 348 g/mol. The molecule has 2 amide bonds. The van der Waals surface area contributed by atoms with E-state index in [0.29, 0.717) is 22.4 Å². The van der Waals surface area contributed by atoms with E-state index in [4.69, 9.17) is 16.1 Å². The van der Waals surface area contributed by atoms with E-state index in [9.17, 15) is 4.79 Å². The normalized spacial score (nSPS) is 16.6. The van der Waals surface area contributed by atoms with Crippen molar-refractivity contribution < 1.29 is 9.32 Å². The molecule has 0 atom stereocenters. The van der Waals surface area contributed by atoms with Crippen LogP contribution in [0.1, 0.15) is 49.4 Å². The van der Waals surface area contributed by atoms with Crippen molar-refractivity contribution in [3.63, 3.8) is 0 Å². The zero-order valence-corrected chi connectivity index (χ0v) is 14.6. The van der Waals surface area contributed by atoms with Crippen LogP contribution < -0.4 is 10.6 Å². The van der Waals surface area contributed by atoms with E-state index in [-0.39, 0.29) is 6.03 Å². The van der Waals surface area contributed by atoms with Crippen molar-refractivity contribution in [2.24, 2.45) is 0 Å². The molecule has 1 aromatic heterocycles. The maximum absolute atomic E-state index is 12.6. The van der Waals surface area contributed by atoms with E-state index in [2.05, 4.69) is 20.8 Å². The van der Waals surface area contributed by atoms with Gasteiger partial charge in [-0.2, -0.15) is 4.98 Å². The van der Waals surface area contributed by atoms with Crippen LogP contribution in [0.4, 0.5) is 10.5 Å². The molecule has 6 nitrogen and oxygen atoms in total. The highest BCUT2D eigenvalue weighted by molar-refractivity contribution is 6.31. The molecule has 1 aromatic carbocycles. The highest BCUT2D eigenvalue weighted by atomic mass is 35.5. The Hall–Kier alpha value is -2.08. The summed E-state index contributed by atoms with van der Waals surface area (Å²) in [7, 11) is 0. The second kappa shape index (κ2) is 6.81. The Morgan fingerprint density at radius 1 is 1.25 bits per heavy atom. The van der Waals surface area contributed by atoms with E-state index in [0.717, 1.165) is 37.7 Å². The van der Waals surface area contributed by atoms with Gasteiger partial charge in [-0.15, -0.1) is 0 Å². The molecular weight excluding hydrogens is 328 g/mol. The third-order valence-electron chi connectivity index (χ3n) is 4.51. The van der Waals surface area contributed by atoms with Crippen LogP contribution in [0, 0.1) is 13.8 Å². The molecule has 1 fully saturated rings. The van der Waals surface area contributed by atoms with Crippen molar-refractivity contribution in [2.75, 3.05) is 5.32 Å². The van der Waals surface area contributed by atoms with Crippen molar-refractivity contribution in [3.05, 3.63) is 40.5 Å². The number of benzene rings is 1. The first-order valence-electron chi connectivity index (χ1n) is 8.15. The lowest BCUT2D eigenvalue weighted by atomic mass is 9.81. The summed E-state index contributed by atoms with van der Waals surface area (Å²) in [5, 5.41) is 10.4. The van der Waals surface area contributed by atoms with E-state index in [1.807, 2.05) is 19.1 Å². The quantitative estimate of drug-likeness (QED) is 0.865. The summed E-state index contributed by atoms with van der Waals surface area (Å²) >= 11 is 6.11. The number of nitrogens with zero attached hydrogens (tertiary/aromatic N) is 2. The topological polar surface area (TPSA) is 80.0 Å². The molecule has 3 rings (SSSR count). The molecule has 0 bridgehead atoms. The van der Waals surface area contributed by atoms with Crippen LogP contribution in [0.2, 0.25) is 5.02 Å². The van der Waals surface area contributed by atoms with Gasteiger partial charge in [-0.05, 0) is 44.4 Å². The number of nitrogens with one attached hydrogen (secondary N) is 2. The predicted molar refractivity (Wildman–Crippen MR) is 92.1 cm³/mol. The molecule has 24 heavy (non-hydrogen) atoms. The number of aromatic nitrogens is 2. The zero-order valence-electron chi connectivity index (χ0n) is 13.9. The van der Waals surface area contributed by atoms with Crippen LogP contribution in [0.3, 0.4) is 0 Å². The zero-order chi connectivity index (χ0) is 17.2. The minimum atomic E-state index is -0.601. The smallest absolute Gasteiger partial charge is 0.320 e. The molecule has 1 saturated carbocycles. The van der Waals surface area contributed by atoms with Crippen molar-refractivity contribution >= 4 is 23.3 Å². The first-order chi connectivity index (χ1) is 11.5. The molecule has 7 heteroatoms. The Balaban J connectivity index is 1.80. The number of carbonyl (C=O) groups is 1. The van der Waals surface area contributed by atoms with Crippen molar-refractivity contribution in [1.29, 1.82) is 0 Å². The van der Waals surface area contributed by atoms with Gasteiger partial charge in [0.2, 0.25) is 0 Å². The fourth-order valence-electron chi connectivity index (χ4n) is 3.15. The van der Waals surface area contributed by atoms with Crippen LogP contribution in [0.5, 0.6) is 0 Å². The van der Waals surface area contributed by atoms with Gasteiger partial charge in [0.05, 0.1) is 0 Å². The number of hydrogen-bond acceptors (Lipinski definition) is 4. The van der Waals surface area contributed by atoms with Gasteiger partial charge in [0.1, 0.15) is 5.54 Å². The molecule has 0 unspecified atom stereocenters. The SMILES string of the molecule is Cc1noc(C2(NC(=O)Nc3cccc(Cl)c3C)CCCCC2)n1. The highest BCUT2D eigenvalue weighted by Crippen LogP contribution is 2.36. The van der Waals surface area contributed by atoms with E-state index < -0.39 is 5.54 Å². The number of hydrogen-bond donors (Lipinski definition) is 2. The van der Waals surface area contributed by atoms with E-state index in [1.165, 1.54) is 0 Å². The number of amides is 2. The Kier molecular flexibility index (Phi) is 4.76. The molecule has 1 heterocycles. The molecule has 128 valence electrons. The molecule has 2 aromatic rings. The minimum absolute atomic E-state index is 0.293. The van der Waals surface area contributed by atoms with Gasteiger partial charge in [-0.1, -0.05) is 42.1 Å². The summed E-state index contributed by atoms with van der Waals surface area (Å²) < 4.78 is 5.38. The fourth-order valence-corrected chi connectivity index (χ4v) is 3.33. The average Bonchev–Trinajstić information content (AvgIpc) is 3.00. The standard InChI is InChI=1S/C17H21ClN4O2/c1-11-13(18)7-6-8-14(11)20-16(23)21-17(9-4-3-5-10-17)15-19-12(2)22-24-15/h6-8H,3-5,9-10H2,1-2H3,(H2,20,21,23). The summed E-state index contributed by atoms with van der Waals surface area (Å²) in [5.74, 6) is 1.06. The molecule has 0 aliphatic heterocycles. The van der Waals surface area contributed by atoms with Crippen molar-refractivity contribution in [2.45, 2.75) is 51.5 Å². The summed E-state index contributed by atoms with van der Waals surface area (Å²) in [6, 6.07) is 5.13. The van der Waals surface area contributed by atoms with Crippen molar-refractivity contribution in [1.82, 2.24) is 15.5 Å². The second-order valence-corrected chi connectivity index (χ2v) is 6.69. The number of aryl methyl sites for hydroxylation is 1. The van der Waals surface area contributed by atoms with Crippen LogP contribution in [0.15, 0.2) is 22.7 Å². The largest absolute Gasteiger partial charge is 0.337 e. The molecule has 0 saturated heterocycles. The third-order valence-corrected chi connectivity index (χ3v) is 4.92. The van der Waals surface area contributed by atoms with Gasteiger partial charge in [-0.25, -0.2) is 4.79 Å². The van der Waals surface area contributed by atoms with Crippen LogP contribution in [-0.4, -0.2) is 16.2 Å². The first kappa shape index (κ1) is 16.8. The first-order valence-corrected chi connectivity index (χ1v) is 8.53. The Morgan fingerprint density at radius 3 is 2.67 bits per heavy atom. The van der Waals surface area contributed by atoms with Crippen molar-refractivity contribution in [3.8, 4) is 0 Å². The number of carbonyl (C=O) groups excluding carboxylic acids is 1. The lowest BCUT2D eigenvalue weighted by Crippen LogP contribution is -2.49. The fraction of sp³-hybridized carbons (Fsp3) is 0.471. The average molecular weight is 349 g/mol. The van der Waals surface area contributed by atoms with Gasteiger partial charge >= 0.3 is 6.03 Å². The molecule has 0 radical (unpaired) electrons. The summed E-state index contributed by atoms with van der Waals surface area (Å²) in [4.78, 5) is 16.9. The van der Waals surface area contributed by atoms with Gasteiger partial charge in [0.25, 0.3) is 5.89 Å². The Morgan fingerprint density at radius 2 is 2.00 bits per heavy atom. The molecule has 0 spiro atoms. The maximum atomic E-state index is 12.6. The number of anilines is 1. The maximum Gasteiger partial charge on any atom is 0.320 e. The van der Waals surface area contributed by atoms with Crippen LogP contribution in [-0.2, 0) is 5.54 Å². The number of urea groups is 1. The number of halogens is 1. The van der Waals surface area contributed by atoms with Crippen LogP contribution >= 0.6 is 11.6 Å². The molecule has 1 aliphatic carbocycles. The summed E-state index contributed by atoms with van der Waals surface area (Å²) in [5.41, 5.74) is 0.920. The third kappa shape index (κ3) is 3.38. The van der Waals surface area contributed by atoms with Gasteiger partial charge in [-0.3, -0.25) is 0 Å². The van der Waals surface area contributed by atoms with Gasteiger partial charge in [0.15, 0.2) is 5.82 Å². The minimum Gasteiger partial charge on any atom is -0.337 e. The molecular formula is C17H21ClN4O2. The molecule has 2 N–H and O–H groups in total. The lowest BCUT2D eigenvalue weighted by Gasteiger charge is -2.34. The Bertz CT molecular complexity index is 738. The molecule has 1 aliphatic rings. The summed E-state index contributed by atoms with van der Waals surface area (Å²) in [6.07, 6.45) is 4.74. The van der Waals surface area contributed by atoms with Crippen LogP contribution in [0.25, 0.3) is 0 Å². The van der Waals surface area contributed by atoms with E-state index >= 15 is 0 Å². The van der Waals surface area contributed by atoms with Gasteiger partial charge in [0, 0.05) is 10.7 Å². The second-order valence-electron chi connectivity index (χ2n) is 6.28. The highest BCUT2D eigenvalue weighted by Gasteiger charge is 2.40. The number of rotatable bonds is 3. The van der Waals surface area contributed by atoms with Gasteiger partial charge < -0.3 is 15.2 Å². The lowest BCUT2D eigenvalue weighted by molar-refractivity contribution is 0.173.